The molecule has 1 aromatic carbocycles. The number of hydrogen-bond acceptors (Lipinski definition) is 4. The first-order valence-corrected chi connectivity index (χ1v) is 10.5. The number of pyridine rings is 1. The van der Waals surface area contributed by atoms with Gasteiger partial charge in [0.05, 0.1) is 12.2 Å². The molecule has 0 radical (unpaired) electrons. The van der Waals surface area contributed by atoms with E-state index in [1.165, 1.54) is 5.56 Å². The van der Waals surface area contributed by atoms with Crippen molar-refractivity contribution in [3.05, 3.63) is 59.8 Å². The van der Waals surface area contributed by atoms with E-state index < -0.39 is 0 Å². The Bertz CT molecular complexity index is 781. The van der Waals surface area contributed by atoms with E-state index in [1.807, 2.05) is 44.2 Å². The van der Waals surface area contributed by atoms with Gasteiger partial charge in [-0.05, 0) is 37.5 Å². The standard InChI is InChI=1S/C23H34N6/c1-18(19-9-6-5-7-10-19)29-15-13-20(14-16-29)27-23(24-2)25-17-21-11-8-12-22(26-21)28(3)4/h5-12,18,20H,13-17H2,1-4H3,(H2,24,25,27). The summed E-state index contributed by atoms with van der Waals surface area (Å²) in [7, 11) is 5.84. The Hall–Kier alpha value is -2.60. The van der Waals surface area contributed by atoms with Gasteiger partial charge >= 0.3 is 0 Å². The summed E-state index contributed by atoms with van der Waals surface area (Å²) in [5.41, 5.74) is 2.40. The van der Waals surface area contributed by atoms with Crippen molar-refractivity contribution < 1.29 is 0 Å². The van der Waals surface area contributed by atoms with Gasteiger partial charge in [-0.3, -0.25) is 9.89 Å². The van der Waals surface area contributed by atoms with E-state index in [4.69, 9.17) is 0 Å². The summed E-state index contributed by atoms with van der Waals surface area (Å²) < 4.78 is 0. The summed E-state index contributed by atoms with van der Waals surface area (Å²) in [6, 6.07) is 17.8. The second-order valence-electron chi connectivity index (χ2n) is 7.85. The van der Waals surface area contributed by atoms with E-state index in [1.54, 1.807) is 0 Å². The molecular formula is C23H34N6. The van der Waals surface area contributed by atoms with E-state index in [0.717, 1.165) is 43.4 Å². The summed E-state index contributed by atoms with van der Waals surface area (Å²) in [5.74, 6) is 1.81. The van der Waals surface area contributed by atoms with E-state index >= 15 is 0 Å². The zero-order valence-corrected chi connectivity index (χ0v) is 18.1. The molecule has 2 heterocycles. The van der Waals surface area contributed by atoms with E-state index in [9.17, 15) is 0 Å². The van der Waals surface area contributed by atoms with Crippen molar-refractivity contribution in [3.8, 4) is 0 Å². The smallest absolute Gasteiger partial charge is 0.191 e. The first kappa shape index (κ1) is 21.1. The van der Waals surface area contributed by atoms with Crippen molar-refractivity contribution in [3.63, 3.8) is 0 Å². The highest BCUT2D eigenvalue weighted by atomic mass is 15.2. The van der Waals surface area contributed by atoms with Crippen LogP contribution < -0.4 is 15.5 Å². The molecule has 156 valence electrons. The number of rotatable bonds is 6. The molecule has 0 saturated carbocycles. The molecule has 1 aliphatic rings. The highest BCUT2D eigenvalue weighted by molar-refractivity contribution is 5.79. The summed E-state index contributed by atoms with van der Waals surface area (Å²) >= 11 is 0. The van der Waals surface area contributed by atoms with Crippen LogP contribution in [0.1, 0.15) is 37.1 Å². The molecule has 1 aliphatic heterocycles. The van der Waals surface area contributed by atoms with Crippen LogP contribution in [0.2, 0.25) is 0 Å². The van der Waals surface area contributed by atoms with Gasteiger partial charge in [0, 0.05) is 46.3 Å². The van der Waals surface area contributed by atoms with Crippen LogP contribution in [0.4, 0.5) is 5.82 Å². The molecule has 29 heavy (non-hydrogen) atoms. The van der Waals surface area contributed by atoms with Gasteiger partial charge in [-0.15, -0.1) is 0 Å². The van der Waals surface area contributed by atoms with Crippen LogP contribution in [0.5, 0.6) is 0 Å². The Morgan fingerprint density at radius 3 is 2.52 bits per heavy atom. The lowest BCUT2D eigenvalue weighted by molar-refractivity contribution is 0.158. The molecule has 2 aromatic rings. The first-order valence-electron chi connectivity index (χ1n) is 10.5. The second kappa shape index (κ2) is 10.3. The molecule has 0 aliphatic carbocycles. The maximum atomic E-state index is 4.66. The Kier molecular flexibility index (Phi) is 7.47. The average molecular weight is 395 g/mol. The number of hydrogen-bond donors (Lipinski definition) is 2. The quantitative estimate of drug-likeness (QED) is 0.583. The number of nitrogens with zero attached hydrogens (tertiary/aromatic N) is 4. The van der Waals surface area contributed by atoms with Crippen molar-refractivity contribution in [2.45, 2.75) is 38.4 Å². The van der Waals surface area contributed by atoms with Crippen LogP contribution in [0.25, 0.3) is 0 Å². The zero-order chi connectivity index (χ0) is 20.6. The number of piperidine rings is 1. The van der Waals surface area contributed by atoms with Crippen LogP contribution in [0.15, 0.2) is 53.5 Å². The highest BCUT2D eigenvalue weighted by Gasteiger charge is 2.24. The van der Waals surface area contributed by atoms with Crippen molar-refractivity contribution in [2.75, 3.05) is 39.1 Å². The van der Waals surface area contributed by atoms with Crippen molar-refractivity contribution in [1.29, 1.82) is 0 Å². The van der Waals surface area contributed by atoms with Crippen LogP contribution in [-0.4, -0.2) is 56.1 Å². The molecule has 0 spiro atoms. The molecule has 1 unspecified atom stereocenters. The third-order valence-electron chi connectivity index (χ3n) is 5.61. The van der Waals surface area contributed by atoms with Gasteiger partial charge in [0.15, 0.2) is 5.96 Å². The average Bonchev–Trinajstić information content (AvgIpc) is 2.77. The topological polar surface area (TPSA) is 55.8 Å². The fourth-order valence-electron chi connectivity index (χ4n) is 3.75. The Labute approximate surface area is 175 Å². The minimum atomic E-state index is 0.446. The maximum Gasteiger partial charge on any atom is 0.191 e. The molecule has 2 N–H and O–H groups in total. The van der Waals surface area contributed by atoms with Gasteiger partial charge in [0.1, 0.15) is 5.82 Å². The number of likely N-dealkylation sites (tertiary alicyclic amines) is 1. The minimum absolute atomic E-state index is 0.446. The van der Waals surface area contributed by atoms with Gasteiger partial charge in [-0.25, -0.2) is 4.98 Å². The molecule has 1 fully saturated rings. The Balaban J connectivity index is 1.47. The lowest BCUT2D eigenvalue weighted by Crippen LogP contribution is -2.48. The number of benzene rings is 1. The summed E-state index contributed by atoms with van der Waals surface area (Å²) in [6.07, 6.45) is 2.23. The third-order valence-corrected chi connectivity index (χ3v) is 5.61. The number of guanidine groups is 1. The molecule has 3 rings (SSSR count). The van der Waals surface area contributed by atoms with Crippen LogP contribution in [0.3, 0.4) is 0 Å². The van der Waals surface area contributed by atoms with E-state index in [0.29, 0.717) is 18.6 Å². The van der Waals surface area contributed by atoms with Gasteiger partial charge in [0.2, 0.25) is 0 Å². The summed E-state index contributed by atoms with van der Waals surface area (Å²) in [6.45, 7) is 5.15. The summed E-state index contributed by atoms with van der Waals surface area (Å²) in [5, 5.41) is 6.99. The lowest BCUT2D eigenvalue weighted by atomic mass is 10.0. The van der Waals surface area contributed by atoms with Gasteiger partial charge in [-0.2, -0.15) is 0 Å². The predicted molar refractivity (Wildman–Crippen MR) is 121 cm³/mol. The molecule has 0 bridgehead atoms. The van der Waals surface area contributed by atoms with Gasteiger partial charge in [-0.1, -0.05) is 36.4 Å². The number of anilines is 1. The van der Waals surface area contributed by atoms with E-state index in [2.05, 4.69) is 62.8 Å². The molecule has 1 aromatic heterocycles. The molecule has 6 nitrogen and oxygen atoms in total. The van der Waals surface area contributed by atoms with E-state index in [-0.39, 0.29) is 0 Å². The molecular weight excluding hydrogens is 360 g/mol. The fraction of sp³-hybridized carbons (Fsp3) is 0.478. The second-order valence-corrected chi connectivity index (χ2v) is 7.85. The Morgan fingerprint density at radius 2 is 1.86 bits per heavy atom. The van der Waals surface area contributed by atoms with Crippen molar-refractivity contribution >= 4 is 11.8 Å². The van der Waals surface area contributed by atoms with Gasteiger partial charge in [0.25, 0.3) is 0 Å². The fourth-order valence-corrected chi connectivity index (χ4v) is 3.75. The van der Waals surface area contributed by atoms with Gasteiger partial charge < -0.3 is 15.5 Å². The molecule has 1 atom stereocenters. The molecule has 0 amide bonds. The van der Waals surface area contributed by atoms with Crippen LogP contribution in [0, 0.1) is 0 Å². The normalized spacial score (nSPS) is 17.0. The Morgan fingerprint density at radius 1 is 1.14 bits per heavy atom. The van der Waals surface area contributed by atoms with Crippen molar-refractivity contribution in [2.24, 2.45) is 4.99 Å². The highest BCUT2D eigenvalue weighted by Crippen LogP contribution is 2.23. The first-order chi connectivity index (χ1) is 14.1. The SMILES string of the molecule is CN=C(NCc1cccc(N(C)C)n1)NC1CCN(C(C)c2ccccc2)CC1. The summed E-state index contributed by atoms with van der Waals surface area (Å²) in [4.78, 5) is 13.6. The predicted octanol–water partition coefficient (Wildman–Crippen LogP) is 3.04. The maximum absolute atomic E-state index is 4.66. The van der Waals surface area contributed by atoms with Crippen molar-refractivity contribution in [1.82, 2.24) is 20.5 Å². The minimum Gasteiger partial charge on any atom is -0.363 e. The largest absolute Gasteiger partial charge is 0.363 e. The van der Waals surface area contributed by atoms with Crippen LogP contribution >= 0.6 is 0 Å². The van der Waals surface area contributed by atoms with Crippen LogP contribution in [-0.2, 0) is 6.54 Å². The third kappa shape index (κ3) is 5.94. The monoisotopic (exact) mass is 394 g/mol. The lowest BCUT2D eigenvalue weighted by Gasteiger charge is -2.37. The molecule has 6 heteroatoms. The number of aromatic nitrogens is 1. The molecule has 1 saturated heterocycles. The number of nitrogens with one attached hydrogen (secondary N) is 2. The zero-order valence-electron chi connectivity index (χ0n) is 18.1. The number of aliphatic imine (C=N–C) groups is 1.